The number of pyridine rings is 1. The van der Waals surface area contributed by atoms with E-state index in [1.165, 1.54) is 24.5 Å². The predicted molar refractivity (Wildman–Crippen MR) is 113 cm³/mol. The number of benzene rings is 1. The van der Waals surface area contributed by atoms with Crippen molar-refractivity contribution in [3.63, 3.8) is 0 Å². The molecule has 5 rings (SSSR count). The molecule has 160 valence electrons. The van der Waals surface area contributed by atoms with E-state index in [0.29, 0.717) is 42.5 Å². The lowest BCUT2D eigenvalue weighted by Gasteiger charge is -2.15. The molecule has 0 saturated carbocycles. The summed E-state index contributed by atoms with van der Waals surface area (Å²) in [6, 6.07) is 9.58. The van der Waals surface area contributed by atoms with Crippen molar-refractivity contribution in [2.24, 2.45) is 0 Å². The summed E-state index contributed by atoms with van der Waals surface area (Å²) in [4.78, 5) is 17.7. The number of hydrogen-bond acceptors (Lipinski definition) is 7. The molecule has 0 aliphatic carbocycles. The van der Waals surface area contributed by atoms with Gasteiger partial charge >= 0.3 is 0 Å². The first kappa shape index (κ1) is 19.7. The van der Waals surface area contributed by atoms with Crippen molar-refractivity contribution in [2.45, 2.75) is 19.4 Å². The van der Waals surface area contributed by atoms with Crippen LogP contribution in [0.1, 0.15) is 23.2 Å². The lowest BCUT2D eigenvalue weighted by Crippen LogP contribution is -2.16. The average Bonchev–Trinajstić information content (AvgIpc) is 3.28. The van der Waals surface area contributed by atoms with Crippen molar-refractivity contribution in [1.29, 1.82) is 0 Å². The van der Waals surface area contributed by atoms with E-state index in [2.05, 4.69) is 30.7 Å². The molecule has 1 aliphatic heterocycles. The van der Waals surface area contributed by atoms with E-state index in [-0.39, 0.29) is 16.9 Å². The Labute approximate surface area is 182 Å². The molecule has 32 heavy (non-hydrogen) atoms. The molecular formula is C22H18FN7O2. The number of hydrogen-bond donors (Lipinski definition) is 1. The van der Waals surface area contributed by atoms with Gasteiger partial charge in [0.25, 0.3) is 5.91 Å². The standard InChI is InChI=1S/C22H18FN7O2/c23-17-11-19-16(10-15(17)14-6-7-24-25-12-14)22(31)28-20-5-3-4-18(27-20)21-29-26-13-30(21)8-1-2-9-32-19/h3-7,10-13H,1-2,8-9H2,(H,27,28,31). The number of fused-ring (bicyclic) bond motifs is 5. The Hall–Kier alpha value is -4.21. The van der Waals surface area contributed by atoms with Crippen LogP contribution in [0.4, 0.5) is 10.2 Å². The van der Waals surface area contributed by atoms with E-state index in [9.17, 15) is 9.18 Å². The van der Waals surface area contributed by atoms with Crippen LogP contribution in [0.5, 0.6) is 5.75 Å². The minimum Gasteiger partial charge on any atom is -0.493 e. The van der Waals surface area contributed by atoms with Crippen molar-refractivity contribution >= 4 is 11.7 Å². The van der Waals surface area contributed by atoms with Crippen LogP contribution in [0.15, 0.2) is 55.1 Å². The number of nitrogens with zero attached hydrogens (tertiary/aromatic N) is 6. The van der Waals surface area contributed by atoms with Gasteiger partial charge in [-0.2, -0.15) is 10.2 Å². The number of carbonyl (C=O) groups is 1. The quantitative estimate of drug-likeness (QED) is 0.492. The number of nitrogens with one attached hydrogen (secondary N) is 1. The Bertz CT molecular complexity index is 1280. The second-order valence-corrected chi connectivity index (χ2v) is 7.23. The number of aromatic nitrogens is 6. The Morgan fingerprint density at radius 3 is 2.88 bits per heavy atom. The molecule has 10 heteroatoms. The molecule has 0 atom stereocenters. The molecule has 0 fully saturated rings. The van der Waals surface area contributed by atoms with Gasteiger partial charge in [0.15, 0.2) is 5.82 Å². The summed E-state index contributed by atoms with van der Waals surface area (Å²) in [6.45, 7) is 1.01. The monoisotopic (exact) mass is 431 g/mol. The highest BCUT2D eigenvalue weighted by molar-refractivity contribution is 6.06. The van der Waals surface area contributed by atoms with Crippen molar-refractivity contribution < 1.29 is 13.9 Å². The van der Waals surface area contributed by atoms with Crippen LogP contribution in [-0.2, 0) is 6.54 Å². The summed E-state index contributed by atoms with van der Waals surface area (Å²) >= 11 is 0. The molecule has 2 bridgehead atoms. The number of anilines is 1. The fourth-order valence-electron chi connectivity index (χ4n) is 3.52. The van der Waals surface area contributed by atoms with Crippen molar-refractivity contribution in [3.05, 3.63) is 66.5 Å². The highest BCUT2D eigenvalue weighted by Gasteiger charge is 2.20. The van der Waals surface area contributed by atoms with Gasteiger partial charge in [0.1, 0.15) is 29.4 Å². The van der Waals surface area contributed by atoms with Crippen molar-refractivity contribution in [1.82, 2.24) is 29.9 Å². The molecule has 3 aromatic heterocycles. The number of ether oxygens (including phenoxy) is 1. The van der Waals surface area contributed by atoms with Gasteiger partial charge < -0.3 is 14.6 Å². The molecule has 1 N–H and O–H groups in total. The van der Waals surface area contributed by atoms with Crippen LogP contribution in [-0.4, -0.2) is 42.5 Å². The topological polar surface area (TPSA) is 108 Å². The molecule has 0 spiro atoms. The van der Waals surface area contributed by atoms with Gasteiger partial charge in [-0.25, -0.2) is 9.37 Å². The molecular weight excluding hydrogens is 413 g/mol. The van der Waals surface area contributed by atoms with E-state index < -0.39 is 11.7 Å². The van der Waals surface area contributed by atoms with Gasteiger partial charge in [-0.1, -0.05) is 6.07 Å². The van der Waals surface area contributed by atoms with Crippen LogP contribution < -0.4 is 10.1 Å². The number of aryl methyl sites for hydroxylation is 1. The van der Waals surface area contributed by atoms with Gasteiger partial charge in [0.2, 0.25) is 0 Å². The summed E-state index contributed by atoms with van der Waals surface area (Å²) in [7, 11) is 0. The van der Waals surface area contributed by atoms with Gasteiger partial charge in [-0.15, -0.1) is 10.2 Å². The van der Waals surface area contributed by atoms with Crippen molar-refractivity contribution in [3.8, 4) is 28.4 Å². The molecule has 9 nitrogen and oxygen atoms in total. The van der Waals surface area contributed by atoms with Gasteiger partial charge in [-0.05, 0) is 37.1 Å². The molecule has 0 unspecified atom stereocenters. The van der Waals surface area contributed by atoms with Crippen LogP contribution in [0, 0.1) is 5.82 Å². The Morgan fingerprint density at radius 1 is 1.06 bits per heavy atom. The SMILES string of the molecule is O=C1Nc2cccc(n2)-c2nncn2CCCCOc2cc(F)c(-c3ccnnc3)cc21. The maximum absolute atomic E-state index is 14.9. The third-order valence-electron chi connectivity index (χ3n) is 5.10. The van der Waals surface area contributed by atoms with E-state index in [4.69, 9.17) is 4.74 Å². The van der Waals surface area contributed by atoms with E-state index in [1.807, 2.05) is 10.6 Å². The minimum atomic E-state index is -0.514. The maximum Gasteiger partial charge on any atom is 0.260 e. The largest absolute Gasteiger partial charge is 0.493 e. The van der Waals surface area contributed by atoms with Crippen LogP contribution >= 0.6 is 0 Å². The summed E-state index contributed by atoms with van der Waals surface area (Å²) in [6.07, 6.45) is 6.04. The number of halogens is 1. The van der Waals surface area contributed by atoms with Crippen LogP contribution in [0.2, 0.25) is 0 Å². The summed E-state index contributed by atoms with van der Waals surface area (Å²) in [5.41, 5.74) is 1.53. The molecule has 1 aromatic carbocycles. The third kappa shape index (κ3) is 3.89. The first-order valence-corrected chi connectivity index (χ1v) is 10.1. The summed E-state index contributed by atoms with van der Waals surface area (Å²) in [5.74, 6) is 0.144. The highest BCUT2D eigenvalue weighted by atomic mass is 19.1. The Morgan fingerprint density at radius 2 is 2.00 bits per heavy atom. The summed E-state index contributed by atoms with van der Waals surface area (Å²) in [5, 5.41) is 18.4. The highest BCUT2D eigenvalue weighted by Crippen LogP contribution is 2.31. The fraction of sp³-hybridized carbons (Fsp3) is 0.182. The number of rotatable bonds is 1. The van der Waals surface area contributed by atoms with E-state index in [0.717, 1.165) is 6.42 Å². The second kappa shape index (κ2) is 8.50. The molecule has 0 saturated heterocycles. The molecule has 0 radical (unpaired) electrons. The van der Waals surface area contributed by atoms with Gasteiger partial charge in [-0.3, -0.25) is 4.79 Å². The zero-order valence-electron chi connectivity index (χ0n) is 16.9. The molecule has 1 aliphatic rings. The maximum atomic E-state index is 14.9. The lowest BCUT2D eigenvalue weighted by atomic mass is 10.0. The predicted octanol–water partition coefficient (Wildman–Crippen LogP) is 3.36. The Balaban J connectivity index is 1.57. The molecule has 4 aromatic rings. The van der Waals surface area contributed by atoms with Crippen LogP contribution in [0.25, 0.3) is 22.6 Å². The van der Waals surface area contributed by atoms with Crippen molar-refractivity contribution in [2.75, 3.05) is 11.9 Å². The van der Waals surface area contributed by atoms with Gasteiger partial charge in [0, 0.05) is 23.7 Å². The Kier molecular flexibility index (Phi) is 5.24. The lowest BCUT2D eigenvalue weighted by molar-refractivity contribution is 0.102. The summed E-state index contributed by atoms with van der Waals surface area (Å²) < 4.78 is 22.6. The number of amides is 1. The first-order valence-electron chi connectivity index (χ1n) is 10.1. The number of carbonyl (C=O) groups excluding carboxylic acids is 1. The smallest absolute Gasteiger partial charge is 0.260 e. The fourth-order valence-corrected chi connectivity index (χ4v) is 3.52. The van der Waals surface area contributed by atoms with Gasteiger partial charge in [0.05, 0.1) is 24.6 Å². The molecule has 1 amide bonds. The van der Waals surface area contributed by atoms with Crippen LogP contribution in [0.3, 0.4) is 0 Å². The minimum absolute atomic E-state index is 0.170. The zero-order valence-corrected chi connectivity index (χ0v) is 16.9. The zero-order chi connectivity index (χ0) is 21.9. The first-order chi connectivity index (χ1) is 15.7. The third-order valence-corrected chi connectivity index (χ3v) is 5.10. The average molecular weight is 431 g/mol. The normalized spacial score (nSPS) is 13.8. The second-order valence-electron chi connectivity index (χ2n) is 7.23. The van der Waals surface area contributed by atoms with E-state index >= 15 is 0 Å². The van der Waals surface area contributed by atoms with E-state index in [1.54, 1.807) is 24.5 Å². The molecule has 4 heterocycles.